The van der Waals surface area contributed by atoms with Crippen LogP contribution in [-0.4, -0.2) is 60.3 Å². The molecule has 1 aromatic carbocycles. The van der Waals surface area contributed by atoms with Gasteiger partial charge >= 0.3 is 12.1 Å². The lowest BCUT2D eigenvalue weighted by Gasteiger charge is -2.31. The summed E-state index contributed by atoms with van der Waals surface area (Å²) < 4.78 is 16.5. The molecule has 3 rings (SSSR count). The van der Waals surface area contributed by atoms with Crippen molar-refractivity contribution in [2.75, 3.05) is 13.7 Å². The number of carbonyl (C=O) groups excluding carboxylic acids is 3. The van der Waals surface area contributed by atoms with Crippen LogP contribution in [-0.2, 0) is 30.4 Å². The Morgan fingerprint density at radius 3 is 2.68 bits per heavy atom. The van der Waals surface area contributed by atoms with Gasteiger partial charge in [0.05, 0.1) is 18.8 Å². The number of rotatable bonds is 10. The van der Waals surface area contributed by atoms with Gasteiger partial charge in [-0.1, -0.05) is 42.8 Å². The maximum Gasteiger partial charge on any atom is 0.408 e. The van der Waals surface area contributed by atoms with Crippen LogP contribution in [0.2, 0.25) is 0 Å². The molecule has 0 spiro atoms. The molecule has 0 unspecified atom stereocenters. The number of esters is 1. The first-order chi connectivity index (χ1) is 16.3. The highest BCUT2D eigenvalue weighted by Crippen LogP contribution is 2.43. The molecule has 2 fully saturated rings. The first kappa shape index (κ1) is 25.7. The first-order valence-corrected chi connectivity index (χ1v) is 11.9. The minimum atomic E-state index is -0.813. The second kappa shape index (κ2) is 11.5. The molecule has 0 radical (unpaired) electrons. The van der Waals surface area contributed by atoms with Gasteiger partial charge in [-0.2, -0.15) is 0 Å². The Kier molecular flexibility index (Phi) is 8.72. The van der Waals surface area contributed by atoms with E-state index in [0.717, 1.165) is 18.4 Å². The number of hydrogen-bond donors (Lipinski definition) is 1. The highest BCUT2D eigenvalue weighted by atomic mass is 16.5. The number of benzene rings is 1. The standard InChI is InChI=1S/C26H36N2O6/c1-5-6-7-11-14-20(27-25(31)33-17-18-12-9-8-10-13-18)23(29)28-16-21-19(15-26(2,3)34-21)22(28)24(30)32-4/h5,8-10,12-13,19-22H,1,6-7,11,14-17H2,2-4H3,(H,27,31)/t19-,20-,21-,22-/m0/s1. The Labute approximate surface area is 201 Å². The van der Waals surface area contributed by atoms with Crippen molar-refractivity contribution in [2.24, 2.45) is 5.92 Å². The average molecular weight is 473 g/mol. The van der Waals surface area contributed by atoms with Crippen LogP contribution in [0.3, 0.4) is 0 Å². The molecule has 1 aromatic rings. The topological polar surface area (TPSA) is 94.2 Å². The summed E-state index contributed by atoms with van der Waals surface area (Å²) in [6.07, 6.45) is 4.38. The van der Waals surface area contributed by atoms with Crippen molar-refractivity contribution in [3.63, 3.8) is 0 Å². The zero-order valence-electron chi connectivity index (χ0n) is 20.3. The normalized spacial score (nSPS) is 23.6. The van der Waals surface area contributed by atoms with Crippen LogP contribution in [0.25, 0.3) is 0 Å². The van der Waals surface area contributed by atoms with Gasteiger partial charge in [0, 0.05) is 12.5 Å². The van der Waals surface area contributed by atoms with E-state index in [4.69, 9.17) is 14.2 Å². The van der Waals surface area contributed by atoms with Crippen molar-refractivity contribution in [2.45, 2.75) is 76.3 Å². The van der Waals surface area contributed by atoms with Gasteiger partial charge in [-0.25, -0.2) is 9.59 Å². The molecule has 186 valence electrons. The summed E-state index contributed by atoms with van der Waals surface area (Å²) in [5.74, 6) is -0.918. The van der Waals surface area contributed by atoms with Gasteiger partial charge in [-0.3, -0.25) is 4.79 Å². The molecular formula is C26H36N2O6. The summed E-state index contributed by atoms with van der Waals surface area (Å²) in [6.45, 7) is 8.09. The quantitative estimate of drug-likeness (QED) is 0.318. The summed E-state index contributed by atoms with van der Waals surface area (Å²) in [6, 6.07) is 7.78. The number of fused-ring (bicyclic) bond motifs is 1. The molecule has 0 aliphatic carbocycles. The Hall–Kier alpha value is -2.87. The SMILES string of the molecule is C=CCCCC[C@H](NC(=O)OCc1ccccc1)C(=O)N1C[C@@H]2OC(C)(C)C[C@@H]2[C@H]1C(=O)OC. The number of nitrogens with zero attached hydrogens (tertiary/aromatic N) is 1. The number of unbranched alkanes of at least 4 members (excludes halogenated alkanes) is 2. The molecule has 2 amide bonds. The second-order valence-electron chi connectivity index (χ2n) is 9.57. The fourth-order valence-electron chi connectivity index (χ4n) is 4.92. The van der Waals surface area contributed by atoms with Crippen LogP contribution in [0.15, 0.2) is 43.0 Å². The number of allylic oxidation sites excluding steroid dienone is 1. The summed E-state index contributed by atoms with van der Waals surface area (Å²) in [5, 5.41) is 2.73. The number of methoxy groups -OCH3 is 1. The second-order valence-corrected chi connectivity index (χ2v) is 9.57. The van der Waals surface area contributed by atoms with Gasteiger partial charge in [0.2, 0.25) is 5.91 Å². The van der Waals surface area contributed by atoms with Crippen LogP contribution in [0, 0.1) is 5.92 Å². The average Bonchev–Trinajstić information content (AvgIpc) is 3.30. The van der Waals surface area contributed by atoms with Crippen molar-refractivity contribution in [1.29, 1.82) is 0 Å². The van der Waals surface area contributed by atoms with E-state index in [1.165, 1.54) is 12.0 Å². The number of amides is 2. The minimum Gasteiger partial charge on any atom is -0.467 e. The molecular weight excluding hydrogens is 436 g/mol. The van der Waals surface area contributed by atoms with E-state index in [9.17, 15) is 14.4 Å². The third-order valence-corrected chi connectivity index (χ3v) is 6.47. The fourth-order valence-corrected chi connectivity index (χ4v) is 4.92. The van der Waals surface area contributed by atoms with Gasteiger partial charge in [0.15, 0.2) is 0 Å². The largest absolute Gasteiger partial charge is 0.467 e. The maximum atomic E-state index is 13.6. The number of alkyl carbamates (subject to hydrolysis) is 1. The van der Waals surface area contributed by atoms with Crippen molar-refractivity contribution in [3.8, 4) is 0 Å². The lowest BCUT2D eigenvalue weighted by molar-refractivity contribution is -0.153. The van der Waals surface area contributed by atoms with Crippen molar-refractivity contribution < 1.29 is 28.6 Å². The molecule has 4 atom stereocenters. The molecule has 34 heavy (non-hydrogen) atoms. The minimum absolute atomic E-state index is 0.103. The van der Waals surface area contributed by atoms with Crippen molar-refractivity contribution in [3.05, 3.63) is 48.6 Å². The third-order valence-electron chi connectivity index (χ3n) is 6.47. The molecule has 2 saturated heterocycles. The number of likely N-dealkylation sites (tertiary alicyclic amines) is 1. The van der Waals surface area contributed by atoms with Crippen molar-refractivity contribution in [1.82, 2.24) is 10.2 Å². The summed E-state index contributed by atoms with van der Waals surface area (Å²) >= 11 is 0. The number of ether oxygens (including phenoxy) is 3. The predicted molar refractivity (Wildman–Crippen MR) is 127 cm³/mol. The Morgan fingerprint density at radius 2 is 2.00 bits per heavy atom. The number of carbonyl (C=O) groups is 3. The number of nitrogens with one attached hydrogen (secondary N) is 1. The highest BCUT2D eigenvalue weighted by molar-refractivity contribution is 5.90. The smallest absolute Gasteiger partial charge is 0.408 e. The van der Waals surface area contributed by atoms with E-state index in [0.29, 0.717) is 19.3 Å². The molecule has 8 nitrogen and oxygen atoms in total. The van der Waals surface area contributed by atoms with Gasteiger partial charge in [-0.05, 0) is 45.1 Å². The van der Waals surface area contributed by atoms with Crippen LogP contribution < -0.4 is 5.32 Å². The van der Waals surface area contributed by atoms with Gasteiger partial charge in [0.1, 0.15) is 18.7 Å². The molecule has 2 aliphatic heterocycles. The molecule has 8 heteroatoms. The summed E-state index contributed by atoms with van der Waals surface area (Å²) in [4.78, 5) is 40.4. The van der Waals surface area contributed by atoms with Crippen LogP contribution in [0.4, 0.5) is 4.79 Å². The highest BCUT2D eigenvalue weighted by Gasteiger charge is 2.56. The van der Waals surface area contributed by atoms with Crippen molar-refractivity contribution >= 4 is 18.0 Å². The lowest BCUT2D eigenvalue weighted by Crippen LogP contribution is -2.53. The van der Waals surface area contributed by atoms with E-state index in [1.54, 1.807) is 0 Å². The zero-order valence-corrected chi connectivity index (χ0v) is 20.3. The molecule has 2 heterocycles. The Balaban J connectivity index is 1.70. The molecule has 2 aliphatic rings. The molecule has 0 saturated carbocycles. The molecule has 1 N–H and O–H groups in total. The first-order valence-electron chi connectivity index (χ1n) is 11.9. The maximum absolute atomic E-state index is 13.6. The van der Waals surface area contributed by atoms with E-state index in [1.807, 2.05) is 50.3 Å². The van der Waals surface area contributed by atoms with Gasteiger partial charge < -0.3 is 24.4 Å². The van der Waals surface area contributed by atoms with E-state index >= 15 is 0 Å². The summed E-state index contributed by atoms with van der Waals surface area (Å²) in [7, 11) is 1.32. The van der Waals surface area contributed by atoms with Crippen LogP contribution in [0.1, 0.15) is 51.5 Å². The predicted octanol–water partition coefficient (Wildman–Crippen LogP) is 3.60. The zero-order chi connectivity index (χ0) is 24.7. The fraction of sp³-hybridized carbons (Fsp3) is 0.577. The van der Waals surface area contributed by atoms with Crippen LogP contribution in [0.5, 0.6) is 0 Å². The summed E-state index contributed by atoms with van der Waals surface area (Å²) in [5.41, 5.74) is 0.491. The van der Waals surface area contributed by atoms with Gasteiger partial charge in [0.25, 0.3) is 0 Å². The van der Waals surface area contributed by atoms with E-state index in [2.05, 4.69) is 11.9 Å². The number of hydrogen-bond acceptors (Lipinski definition) is 6. The third kappa shape index (κ3) is 6.38. The van der Waals surface area contributed by atoms with Crippen LogP contribution >= 0.6 is 0 Å². The monoisotopic (exact) mass is 472 g/mol. The molecule has 0 bridgehead atoms. The molecule has 0 aromatic heterocycles. The Bertz CT molecular complexity index is 871. The lowest BCUT2D eigenvalue weighted by atomic mass is 9.90. The van der Waals surface area contributed by atoms with Gasteiger partial charge in [-0.15, -0.1) is 6.58 Å². The Morgan fingerprint density at radius 1 is 1.26 bits per heavy atom. The van der Waals surface area contributed by atoms with E-state index < -0.39 is 24.1 Å². The van der Waals surface area contributed by atoms with E-state index in [-0.39, 0.29) is 36.7 Å².